The molecule has 5 nitrogen and oxygen atoms in total. The summed E-state index contributed by atoms with van der Waals surface area (Å²) in [4.78, 5) is 6.50. The third-order valence-electron chi connectivity index (χ3n) is 3.12. The van der Waals surface area contributed by atoms with Crippen LogP contribution in [0.2, 0.25) is 5.02 Å². The molecule has 6 heteroatoms. The van der Waals surface area contributed by atoms with Gasteiger partial charge in [0.15, 0.2) is 5.84 Å². The van der Waals surface area contributed by atoms with Crippen LogP contribution in [0.15, 0.2) is 41.6 Å². The number of anilines is 1. The van der Waals surface area contributed by atoms with Crippen LogP contribution in [0.25, 0.3) is 0 Å². The SMILES string of the molecule is Cc1cccc(CN(C)c2ccc(/C(N)=N/O)c(Cl)c2)n1. The van der Waals surface area contributed by atoms with Crippen molar-refractivity contribution in [2.24, 2.45) is 10.9 Å². The number of oxime groups is 1. The smallest absolute Gasteiger partial charge is 0.171 e. The van der Waals surface area contributed by atoms with Gasteiger partial charge in [-0.1, -0.05) is 22.8 Å². The number of aryl methyl sites for hydroxylation is 1. The zero-order valence-corrected chi connectivity index (χ0v) is 12.7. The van der Waals surface area contributed by atoms with Gasteiger partial charge in [-0.3, -0.25) is 4.98 Å². The first-order chi connectivity index (χ1) is 10.0. The molecular weight excluding hydrogens is 288 g/mol. The summed E-state index contributed by atoms with van der Waals surface area (Å²) >= 11 is 6.16. The molecule has 0 unspecified atom stereocenters. The predicted octanol–water partition coefficient (Wildman–Crippen LogP) is 2.77. The number of nitrogens with two attached hydrogens (primary N) is 1. The molecule has 0 aliphatic rings. The normalized spacial score (nSPS) is 11.5. The Kier molecular flexibility index (Phi) is 4.65. The lowest BCUT2D eigenvalue weighted by atomic mass is 10.1. The Labute approximate surface area is 128 Å². The number of amidine groups is 1. The summed E-state index contributed by atoms with van der Waals surface area (Å²) in [6, 6.07) is 11.3. The molecule has 21 heavy (non-hydrogen) atoms. The fourth-order valence-electron chi connectivity index (χ4n) is 2.02. The summed E-state index contributed by atoms with van der Waals surface area (Å²) in [7, 11) is 1.96. The van der Waals surface area contributed by atoms with Gasteiger partial charge < -0.3 is 15.8 Å². The Hall–Kier alpha value is -2.27. The lowest BCUT2D eigenvalue weighted by molar-refractivity contribution is 0.318. The van der Waals surface area contributed by atoms with Crippen molar-refractivity contribution in [3.05, 3.63) is 58.4 Å². The van der Waals surface area contributed by atoms with Gasteiger partial charge in [-0.15, -0.1) is 0 Å². The van der Waals surface area contributed by atoms with Crippen LogP contribution < -0.4 is 10.6 Å². The van der Waals surface area contributed by atoms with E-state index in [9.17, 15) is 0 Å². The van der Waals surface area contributed by atoms with Crippen LogP contribution >= 0.6 is 11.6 Å². The molecule has 1 aromatic carbocycles. The molecule has 0 amide bonds. The number of hydrogen-bond donors (Lipinski definition) is 2. The third-order valence-corrected chi connectivity index (χ3v) is 3.44. The van der Waals surface area contributed by atoms with Crippen LogP contribution in [-0.4, -0.2) is 23.1 Å². The number of rotatable bonds is 4. The molecule has 1 aromatic heterocycles. The standard InChI is InChI=1S/C15H17ClN4O/c1-10-4-3-5-11(18-10)9-20(2)12-6-7-13(14(16)8-12)15(17)19-21/h3-8,21H,9H2,1-2H3,(H2,17,19). The first-order valence-corrected chi connectivity index (χ1v) is 6.80. The molecule has 110 valence electrons. The van der Waals surface area contributed by atoms with Crippen molar-refractivity contribution < 1.29 is 5.21 Å². The highest BCUT2D eigenvalue weighted by Crippen LogP contribution is 2.24. The van der Waals surface area contributed by atoms with E-state index in [2.05, 4.69) is 10.1 Å². The van der Waals surface area contributed by atoms with Gasteiger partial charge in [-0.2, -0.15) is 0 Å². The molecule has 0 radical (unpaired) electrons. The minimum Gasteiger partial charge on any atom is -0.409 e. The minimum atomic E-state index is -0.00504. The van der Waals surface area contributed by atoms with Crippen molar-refractivity contribution in [1.82, 2.24) is 4.98 Å². The van der Waals surface area contributed by atoms with Crippen LogP contribution in [0.1, 0.15) is 17.0 Å². The zero-order valence-electron chi connectivity index (χ0n) is 11.9. The fourth-order valence-corrected chi connectivity index (χ4v) is 2.30. The van der Waals surface area contributed by atoms with Crippen molar-refractivity contribution in [3.8, 4) is 0 Å². The molecule has 0 aliphatic heterocycles. The molecule has 2 aromatic rings. The second-order valence-corrected chi connectivity index (χ2v) is 5.18. The van der Waals surface area contributed by atoms with Crippen molar-refractivity contribution in [2.75, 3.05) is 11.9 Å². The summed E-state index contributed by atoms with van der Waals surface area (Å²) in [5, 5.41) is 12.1. The Balaban J connectivity index is 2.20. The van der Waals surface area contributed by atoms with E-state index in [0.29, 0.717) is 17.1 Å². The first-order valence-electron chi connectivity index (χ1n) is 6.42. The van der Waals surface area contributed by atoms with Crippen molar-refractivity contribution in [3.63, 3.8) is 0 Å². The van der Waals surface area contributed by atoms with E-state index in [-0.39, 0.29) is 5.84 Å². The van der Waals surface area contributed by atoms with Gasteiger partial charge in [0.05, 0.1) is 17.3 Å². The van der Waals surface area contributed by atoms with Gasteiger partial charge in [0.25, 0.3) is 0 Å². The number of aromatic nitrogens is 1. The van der Waals surface area contributed by atoms with Gasteiger partial charge >= 0.3 is 0 Å². The van der Waals surface area contributed by atoms with Gasteiger partial charge in [-0.25, -0.2) is 0 Å². The van der Waals surface area contributed by atoms with Gasteiger partial charge in [0.1, 0.15) is 0 Å². The number of halogens is 1. The summed E-state index contributed by atoms with van der Waals surface area (Å²) in [5.74, 6) is -0.00504. The van der Waals surface area contributed by atoms with E-state index in [1.165, 1.54) is 0 Å². The third kappa shape index (κ3) is 3.64. The Morgan fingerprint density at radius 1 is 1.38 bits per heavy atom. The molecule has 0 fully saturated rings. The Morgan fingerprint density at radius 3 is 2.76 bits per heavy atom. The van der Waals surface area contributed by atoms with E-state index < -0.39 is 0 Å². The average Bonchev–Trinajstić information content (AvgIpc) is 2.46. The van der Waals surface area contributed by atoms with Gasteiger partial charge in [-0.05, 0) is 37.3 Å². The molecule has 0 spiro atoms. The second kappa shape index (κ2) is 6.45. The maximum atomic E-state index is 8.70. The van der Waals surface area contributed by atoms with Crippen molar-refractivity contribution >= 4 is 23.1 Å². The summed E-state index contributed by atoms with van der Waals surface area (Å²) < 4.78 is 0. The zero-order chi connectivity index (χ0) is 15.4. The topological polar surface area (TPSA) is 74.7 Å². The number of nitrogens with zero attached hydrogens (tertiary/aromatic N) is 3. The highest BCUT2D eigenvalue weighted by molar-refractivity contribution is 6.34. The lowest BCUT2D eigenvalue weighted by Crippen LogP contribution is -2.18. The number of benzene rings is 1. The molecule has 1 heterocycles. The molecule has 2 rings (SSSR count). The first kappa shape index (κ1) is 15.1. The van der Waals surface area contributed by atoms with Gasteiger partial charge in [0, 0.05) is 24.0 Å². The molecule has 0 aliphatic carbocycles. The number of hydrogen-bond acceptors (Lipinski definition) is 4. The molecule has 0 saturated carbocycles. The maximum Gasteiger partial charge on any atom is 0.171 e. The highest BCUT2D eigenvalue weighted by Gasteiger charge is 2.09. The predicted molar refractivity (Wildman–Crippen MR) is 85.0 cm³/mol. The van der Waals surface area contributed by atoms with E-state index in [1.807, 2.05) is 43.1 Å². The minimum absolute atomic E-state index is 0.00504. The fraction of sp³-hybridized carbons (Fsp3) is 0.200. The lowest BCUT2D eigenvalue weighted by Gasteiger charge is -2.20. The highest BCUT2D eigenvalue weighted by atomic mass is 35.5. The Morgan fingerprint density at radius 2 is 2.14 bits per heavy atom. The van der Waals surface area contributed by atoms with Crippen molar-refractivity contribution in [1.29, 1.82) is 0 Å². The van der Waals surface area contributed by atoms with Crippen LogP contribution in [0, 0.1) is 6.92 Å². The average molecular weight is 305 g/mol. The monoisotopic (exact) mass is 304 g/mol. The van der Waals surface area contributed by atoms with E-state index in [4.69, 9.17) is 22.5 Å². The van der Waals surface area contributed by atoms with Crippen LogP contribution in [0.3, 0.4) is 0 Å². The molecule has 0 bridgehead atoms. The summed E-state index contributed by atoms with van der Waals surface area (Å²) in [6.07, 6.45) is 0. The van der Waals surface area contributed by atoms with Crippen molar-refractivity contribution in [2.45, 2.75) is 13.5 Å². The quantitative estimate of drug-likeness (QED) is 0.394. The maximum absolute atomic E-state index is 8.70. The Bertz CT molecular complexity index is 672. The van der Waals surface area contributed by atoms with Crippen LogP contribution in [-0.2, 0) is 6.54 Å². The molecular formula is C15H17ClN4O. The molecule has 0 saturated heterocycles. The van der Waals surface area contributed by atoms with E-state index in [0.717, 1.165) is 17.1 Å². The van der Waals surface area contributed by atoms with E-state index in [1.54, 1.807) is 12.1 Å². The van der Waals surface area contributed by atoms with Crippen LogP contribution in [0.4, 0.5) is 5.69 Å². The molecule has 3 N–H and O–H groups in total. The van der Waals surface area contributed by atoms with Crippen LogP contribution in [0.5, 0.6) is 0 Å². The van der Waals surface area contributed by atoms with E-state index >= 15 is 0 Å². The second-order valence-electron chi connectivity index (χ2n) is 4.78. The van der Waals surface area contributed by atoms with Gasteiger partial charge in [0.2, 0.25) is 0 Å². The summed E-state index contributed by atoms with van der Waals surface area (Å²) in [6.45, 7) is 2.63. The number of pyridine rings is 1. The molecule has 0 atom stereocenters. The largest absolute Gasteiger partial charge is 0.409 e. The summed E-state index contributed by atoms with van der Waals surface area (Å²) in [5.41, 5.74) is 8.95.